The van der Waals surface area contributed by atoms with Gasteiger partial charge in [0.05, 0.1) is 18.7 Å². The number of benzene rings is 1. The van der Waals surface area contributed by atoms with Crippen LogP contribution < -0.4 is 0 Å². The number of carbonyl (C=O) groups excluding carboxylic acids is 1. The zero-order valence-electron chi connectivity index (χ0n) is 13.5. The van der Waals surface area contributed by atoms with Crippen LogP contribution in [0.3, 0.4) is 0 Å². The maximum absolute atomic E-state index is 12.5. The molecule has 1 aliphatic heterocycles. The molecule has 0 aromatic heterocycles. The van der Waals surface area contributed by atoms with Crippen molar-refractivity contribution in [1.29, 1.82) is 0 Å². The van der Waals surface area contributed by atoms with Crippen molar-refractivity contribution in [1.82, 2.24) is 9.80 Å². The first-order chi connectivity index (χ1) is 10.4. The third-order valence-electron chi connectivity index (χ3n) is 4.69. The Bertz CT molecular complexity index is 506. The Morgan fingerprint density at radius 3 is 2.68 bits per heavy atom. The number of likely N-dealkylation sites (tertiary alicyclic amines) is 1. The molecule has 1 aliphatic rings. The number of hydrogen-bond donors (Lipinski definition) is 1. The third kappa shape index (κ3) is 4.22. The Kier molecular flexibility index (Phi) is 5.84. The summed E-state index contributed by atoms with van der Waals surface area (Å²) in [6, 6.07) is 7.58. The summed E-state index contributed by atoms with van der Waals surface area (Å²) in [6.07, 6.45) is 0.603. The van der Waals surface area contributed by atoms with Crippen molar-refractivity contribution in [2.75, 3.05) is 26.7 Å². The Morgan fingerprint density at radius 2 is 2.09 bits per heavy atom. The van der Waals surface area contributed by atoms with Crippen LogP contribution in [0, 0.1) is 5.92 Å². The molecule has 5 heteroatoms. The molecule has 0 spiro atoms. The molecule has 1 aromatic rings. The Balaban J connectivity index is 1.92. The SMILES string of the molecule is CC1CCN(CC(=O)N(C)C(C)c2ccc(Cl)cc2)CC1O. The lowest BCUT2D eigenvalue weighted by Crippen LogP contribution is -2.47. The lowest BCUT2D eigenvalue weighted by Gasteiger charge is -2.35. The average Bonchev–Trinajstić information content (AvgIpc) is 2.50. The highest BCUT2D eigenvalue weighted by molar-refractivity contribution is 6.30. The van der Waals surface area contributed by atoms with Gasteiger partial charge in [0.1, 0.15) is 0 Å². The van der Waals surface area contributed by atoms with Gasteiger partial charge in [-0.25, -0.2) is 0 Å². The quantitative estimate of drug-likeness (QED) is 0.925. The van der Waals surface area contributed by atoms with Crippen LogP contribution in [0.25, 0.3) is 0 Å². The predicted molar refractivity (Wildman–Crippen MR) is 88.9 cm³/mol. The minimum atomic E-state index is -0.333. The van der Waals surface area contributed by atoms with Crippen molar-refractivity contribution >= 4 is 17.5 Å². The molecule has 1 N–H and O–H groups in total. The first-order valence-corrected chi connectivity index (χ1v) is 8.18. The summed E-state index contributed by atoms with van der Waals surface area (Å²) in [5, 5.41) is 10.6. The van der Waals surface area contributed by atoms with Crippen molar-refractivity contribution < 1.29 is 9.90 Å². The lowest BCUT2D eigenvalue weighted by molar-refractivity contribution is -0.134. The second kappa shape index (κ2) is 7.44. The lowest BCUT2D eigenvalue weighted by atomic mass is 9.96. The predicted octanol–water partition coefficient (Wildman–Crippen LogP) is 2.56. The minimum absolute atomic E-state index is 0.00148. The molecule has 22 heavy (non-hydrogen) atoms. The second-order valence-corrected chi connectivity index (χ2v) is 6.74. The molecule has 0 aliphatic carbocycles. The molecule has 0 radical (unpaired) electrons. The van der Waals surface area contributed by atoms with E-state index in [1.54, 1.807) is 4.90 Å². The van der Waals surface area contributed by atoms with E-state index >= 15 is 0 Å². The van der Waals surface area contributed by atoms with E-state index in [4.69, 9.17) is 11.6 Å². The van der Waals surface area contributed by atoms with Crippen molar-refractivity contribution in [2.45, 2.75) is 32.4 Å². The second-order valence-electron chi connectivity index (χ2n) is 6.30. The van der Waals surface area contributed by atoms with Crippen LogP contribution >= 0.6 is 11.6 Å². The van der Waals surface area contributed by atoms with Gasteiger partial charge < -0.3 is 10.0 Å². The molecule has 122 valence electrons. The summed E-state index contributed by atoms with van der Waals surface area (Å²) in [5.41, 5.74) is 1.06. The Hall–Kier alpha value is -1.10. The number of carbonyl (C=O) groups is 1. The molecule has 0 saturated carbocycles. The number of hydrogen-bond acceptors (Lipinski definition) is 3. The molecule has 1 amide bonds. The Morgan fingerprint density at radius 1 is 1.45 bits per heavy atom. The molecule has 3 unspecified atom stereocenters. The summed E-state index contributed by atoms with van der Waals surface area (Å²) in [5.74, 6) is 0.390. The number of piperidine rings is 1. The van der Waals surface area contributed by atoms with Gasteiger partial charge in [0.2, 0.25) is 5.91 Å². The van der Waals surface area contributed by atoms with Crippen LogP contribution in [0.2, 0.25) is 5.02 Å². The number of halogens is 1. The first kappa shape index (κ1) is 17.3. The first-order valence-electron chi connectivity index (χ1n) is 7.80. The molecule has 3 atom stereocenters. The number of aliphatic hydroxyl groups excluding tert-OH is 1. The number of amides is 1. The number of aliphatic hydroxyl groups is 1. The van der Waals surface area contributed by atoms with Gasteiger partial charge >= 0.3 is 0 Å². The minimum Gasteiger partial charge on any atom is -0.392 e. The zero-order valence-corrected chi connectivity index (χ0v) is 14.3. The van der Waals surface area contributed by atoms with E-state index in [0.29, 0.717) is 24.0 Å². The van der Waals surface area contributed by atoms with E-state index in [-0.39, 0.29) is 18.1 Å². The van der Waals surface area contributed by atoms with Gasteiger partial charge in [0.15, 0.2) is 0 Å². The fourth-order valence-corrected chi connectivity index (χ4v) is 2.87. The molecule has 1 fully saturated rings. The summed E-state index contributed by atoms with van der Waals surface area (Å²) >= 11 is 5.90. The number of likely N-dealkylation sites (N-methyl/N-ethyl adjacent to an activating group) is 1. The highest BCUT2D eigenvalue weighted by Crippen LogP contribution is 2.22. The van der Waals surface area contributed by atoms with Crippen LogP contribution in [0.4, 0.5) is 0 Å². The summed E-state index contributed by atoms with van der Waals surface area (Å²) < 4.78 is 0. The van der Waals surface area contributed by atoms with Gasteiger partial charge in [-0.1, -0.05) is 30.7 Å². The molecule has 1 aromatic carbocycles. The van der Waals surface area contributed by atoms with Crippen LogP contribution in [0.5, 0.6) is 0 Å². The maximum Gasteiger partial charge on any atom is 0.236 e. The van der Waals surface area contributed by atoms with Gasteiger partial charge in [0.25, 0.3) is 0 Å². The fraction of sp³-hybridized carbons (Fsp3) is 0.588. The summed E-state index contributed by atoms with van der Waals surface area (Å²) in [7, 11) is 1.82. The van der Waals surface area contributed by atoms with Crippen molar-refractivity contribution in [3.63, 3.8) is 0 Å². The van der Waals surface area contributed by atoms with Crippen molar-refractivity contribution in [2.24, 2.45) is 5.92 Å². The van der Waals surface area contributed by atoms with Crippen molar-refractivity contribution in [3.05, 3.63) is 34.9 Å². The molecule has 1 heterocycles. The molecule has 1 saturated heterocycles. The highest BCUT2D eigenvalue weighted by atomic mass is 35.5. The van der Waals surface area contributed by atoms with E-state index in [0.717, 1.165) is 18.5 Å². The molecule has 4 nitrogen and oxygen atoms in total. The molecular formula is C17H25ClN2O2. The smallest absolute Gasteiger partial charge is 0.236 e. The van der Waals surface area contributed by atoms with Crippen LogP contribution in [-0.2, 0) is 4.79 Å². The monoisotopic (exact) mass is 324 g/mol. The van der Waals surface area contributed by atoms with E-state index < -0.39 is 0 Å². The normalized spacial score (nSPS) is 24.0. The number of β-amino-alcohol motifs (C(OH)–C–C–N with tert-alkyl or cyclic N) is 1. The van der Waals surface area contributed by atoms with Crippen molar-refractivity contribution in [3.8, 4) is 0 Å². The van der Waals surface area contributed by atoms with E-state index in [9.17, 15) is 9.90 Å². The molecule has 2 rings (SSSR count). The molecule has 0 bridgehead atoms. The van der Waals surface area contributed by atoms with Gasteiger partial charge in [-0.15, -0.1) is 0 Å². The van der Waals surface area contributed by atoms with Crippen LogP contribution in [0.15, 0.2) is 24.3 Å². The van der Waals surface area contributed by atoms with Gasteiger partial charge in [0, 0.05) is 18.6 Å². The number of rotatable bonds is 4. The zero-order chi connectivity index (χ0) is 16.3. The maximum atomic E-state index is 12.5. The van der Waals surface area contributed by atoms with Gasteiger partial charge in [-0.2, -0.15) is 0 Å². The van der Waals surface area contributed by atoms with Crippen LogP contribution in [-0.4, -0.2) is 53.6 Å². The number of nitrogens with zero attached hydrogens (tertiary/aromatic N) is 2. The fourth-order valence-electron chi connectivity index (χ4n) is 2.74. The van der Waals surface area contributed by atoms with Gasteiger partial charge in [-0.3, -0.25) is 9.69 Å². The van der Waals surface area contributed by atoms with E-state index in [2.05, 4.69) is 6.92 Å². The van der Waals surface area contributed by atoms with Gasteiger partial charge in [-0.05, 0) is 43.5 Å². The van der Waals surface area contributed by atoms with E-state index in [1.807, 2.05) is 43.1 Å². The molecular weight excluding hydrogens is 300 g/mol. The van der Waals surface area contributed by atoms with E-state index in [1.165, 1.54) is 0 Å². The summed E-state index contributed by atoms with van der Waals surface area (Å²) in [4.78, 5) is 16.3. The largest absolute Gasteiger partial charge is 0.392 e. The summed E-state index contributed by atoms with van der Waals surface area (Å²) in [6.45, 7) is 5.87. The third-order valence-corrected chi connectivity index (χ3v) is 4.94. The highest BCUT2D eigenvalue weighted by Gasteiger charge is 2.27. The topological polar surface area (TPSA) is 43.8 Å². The average molecular weight is 325 g/mol. The van der Waals surface area contributed by atoms with Crippen LogP contribution in [0.1, 0.15) is 31.9 Å². The standard InChI is InChI=1S/C17H25ClN2O2/c1-12-8-9-20(10-16(12)21)11-17(22)19(3)13(2)14-4-6-15(18)7-5-14/h4-7,12-13,16,21H,8-11H2,1-3H3. The Labute approximate surface area is 137 Å².